The highest BCUT2D eigenvalue weighted by Crippen LogP contribution is 2.39. The summed E-state index contributed by atoms with van der Waals surface area (Å²) in [5.74, 6) is 2.45. The summed E-state index contributed by atoms with van der Waals surface area (Å²) in [6, 6.07) is 11.3. The highest BCUT2D eigenvalue weighted by molar-refractivity contribution is 7.80. The van der Waals surface area contributed by atoms with Crippen molar-refractivity contribution < 1.29 is 18.9 Å². The maximum absolute atomic E-state index is 5.51. The van der Waals surface area contributed by atoms with Crippen molar-refractivity contribution in [3.05, 3.63) is 48.2 Å². The molecule has 0 amide bonds. The molecule has 3 aromatic rings. The van der Waals surface area contributed by atoms with Crippen LogP contribution in [0.3, 0.4) is 0 Å². The van der Waals surface area contributed by atoms with Gasteiger partial charge in [0.05, 0.1) is 28.4 Å². The van der Waals surface area contributed by atoms with Crippen LogP contribution in [-0.4, -0.2) is 38.5 Å². The number of pyridine rings is 1. The Morgan fingerprint density at radius 3 is 2.31 bits per heavy atom. The third kappa shape index (κ3) is 4.27. The molecule has 152 valence electrons. The third-order valence-corrected chi connectivity index (χ3v) is 4.67. The van der Waals surface area contributed by atoms with E-state index in [-0.39, 0.29) is 0 Å². The fourth-order valence-corrected chi connectivity index (χ4v) is 3.25. The minimum atomic E-state index is 0.446. The lowest BCUT2D eigenvalue weighted by molar-refractivity contribution is 0.322. The average molecular weight is 413 g/mol. The minimum Gasteiger partial charge on any atom is -0.494 e. The van der Waals surface area contributed by atoms with E-state index in [4.69, 9.17) is 31.2 Å². The Balaban J connectivity index is 1.77. The van der Waals surface area contributed by atoms with Gasteiger partial charge >= 0.3 is 0 Å². The first-order valence-electron chi connectivity index (χ1n) is 8.87. The van der Waals surface area contributed by atoms with Gasteiger partial charge in [-0.1, -0.05) is 0 Å². The molecule has 0 aliphatic heterocycles. The highest BCUT2D eigenvalue weighted by Gasteiger charge is 2.16. The lowest BCUT2D eigenvalue weighted by Crippen LogP contribution is -2.28. The quantitative estimate of drug-likeness (QED) is 0.568. The predicted octanol–water partition coefficient (Wildman–Crippen LogP) is 3.76. The molecule has 0 aliphatic carbocycles. The van der Waals surface area contributed by atoms with Crippen molar-refractivity contribution in [3.8, 4) is 23.0 Å². The number of nitrogens with zero attached hydrogens (tertiary/aromatic N) is 1. The lowest BCUT2D eigenvalue weighted by Gasteiger charge is -2.17. The van der Waals surface area contributed by atoms with Gasteiger partial charge in [0.2, 0.25) is 5.75 Å². The summed E-state index contributed by atoms with van der Waals surface area (Å²) in [4.78, 5) is 4.40. The first-order valence-corrected chi connectivity index (χ1v) is 9.28. The molecule has 0 aliphatic rings. The van der Waals surface area contributed by atoms with E-state index >= 15 is 0 Å². The molecule has 3 rings (SSSR count). The summed E-state index contributed by atoms with van der Waals surface area (Å²) in [5, 5.41) is 7.81. The Bertz CT molecular complexity index is 1030. The number of ether oxygens (including phenoxy) is 4. The largest absolute Gasteiger partial charge is 0.494 e. The molecule has 1 heterocycles. The number of hydrogen-bond acceptors (Lipinski definition) is 6. The number of nitrogens with one attached hydrogen (secondary N) is 2. The number of aromatic nitrogens is 1. The second-order valence-corrected chi connectivity index (χ2v) is 6.42. The highest BCUT2D eigenvalue weighted by atomic mass is 32.1. The molecule has 1 aromatic heterocycles. The van der Waals surface area contributed by atoms with Gasteiger partial charge < -0.3 is 29.6 Å². The molecule has 0 saturated heterocycles. The van der Waals surface area contributed by atoms with Crippen LogP contribution in [0, 0.1) is 0 Å². The van der Waals surface area contributed by atoms with Crippen molar-refractivity contribution in [1.29, 1.82) is 0 Å². The van der Waals surface area contributed by atoms with E-state index in [1.54, 1.807) is 34.6 Å². The molecule has 0 unspecified atom stereocenters. The van der Waals surface area contributed by atoms with Crippen molar-refractivity contribution in [2.24, 2.45) is 0 Å². The van der Waals surface area contributed by atoms with Crippen LogP contribution >= 0.6 is 12.2 Å². The van der Waals surface area contributed by atoms with Crippen LogP contribution in [-0.2, 0) is 6.54 Å². The van der Waals surface area contributed by atoms with Crippen LogP contribution in [0.2, 0.25) is 0 Å². The molecule has 8 heteroatoms. The molecule has 29 heavy (non-hydrogen) atoms. The number of benzene rings is 2. The Morgan fingerprint density at radius 2 is 1.62 bits per heavy atom. The normalized spacial score (nSPS) is 10.3. The van der Waals surface area contributed by atoms with E-state index in [0.29, 0.717) is 34.7 Å². The van der Waals surface area contributed by atoms with Crippen LogP contribution < -0.4 is 29.6 Å². The molecule has 0 bridgehead atoms. The molecule has 0 radical (unpaired) electrons. The second kappa shape index (κ2) is 9.29. The van der Waals surface area contributed by atoms with Gasteiger partial charge in [-0.25, -0.2) is 0 Å². The zero-order valence-electron chi connectivity index (χ0n) is 16.7. The van der Waals surface area contributed by atoms with Gasteiger partial charge in [-0.2, -0.15) is 0 Å². The van der Waals surface area contributed by atoms with Crippen LogP contribution in [0.4, 0.5) is 5.69 Å². The van der Waals surface area contributed by atoms with E-state index in [0.717, 1.165) is 22.2 Å². The van der Waals surface area contributed by atoms with Gasteiger partial charge in [-0.05, 0) is 48.6 Å². The Morgan fingerprint density at radius 1 is 0.897 bits per heavy atom. The van der Waals surface area contributed by atoms with Crippen LogP contribution in [0.1, 0.15) is 5.56 Å². The Labute approximate surface area is 174 Å². The standard InChI is InChI=1S/C21H23N3O4S/c1-25-16-10-8-15(14-6-5-11-22-18(14)16)24-21(29)23-12-13-7-9-17(26-2)20(28-4)19(13)27-3/h5-11H,12H2,1-4H3,(H2,23,24,29). The molecule has 7 nitrogen and oxygen atoms in total. The van der Waals surface area contributed by atoms with E-state index in [1.165, 1.54) is 0 Å². The fourth-order valence-electron chi connectivity index (χ4n) is 3.06. The van der Waals surface area contributed by atoms with Crippen molar-refractivity contribution >= 4 is 33.9 Å². The number of thiocarbonyl (C=S) groups is 1. The number of fused-ring (bicyclic) bond motifs is 1. The molecule has 0 atom stereocenters. The lowest BCUT2D eigenvalue weighted by atomic mass is 10.1. The molecule has 0 saturated carbocycles. The zero-order chi connectivity index (χ0) is 20.8. The molecule has 2 N–H and O–H groups in total. The first-order chi connectivity index (χ1) is 14.1. The molecule has 0 fully saturated rings. The van der Waals surface area contributed by atoms with E-state index in [1.807, 2.05) is 36.4 Å². The van der Waals surface area contributed by atoms with Crippen molar-refractivity contribution in [2.75, 3.05) is 33.8 Å². The third-order valence-electron chi connectivity index (χ3n) is 4.43. The van der Waals surface area contributed by atoms with Gasteiger partial charge in [0.25, 0.3) is 0 Å². The van der Waals surface area contributed by atoms with E-state index in [9.17, 15) is 0 Å². The summed E-state index contributed by atoms with van der Waals surface area (Å²) in [7, 11) is 6.38. The van der Waals surface area contributed by atoms with Crippen LogP contribution in [0.15, 0.2) is 42.6 Å². The molecule has 2 aromatic carbocycles. The summed E-state index contributed by atoms with van der Waals surface area (Å²) >= 11 is 5.48. The van der Waals surface area contributed by atoms with Crippen molar-refractivity contribution in [1.82, 2.24) is 10.3 Å². The van der Waals surface area contributed by atoms with E-state index in [2.05, 4.69) is 15.6 Å². The maximum Gasteiger partial charge on any atom is 0.203 e. The van der Waals surface area contributed by atoms with Crippen LogP contribution in [0.5, 0.6) is 23.0 Å². The molecular formula is C21H23N3O4S. The smallest absolute Gasteiger partial charge is 0.203 e. The van der Waals surface area contributed by atoms with Crippen molar-refractivity contribution in [3.63, 3.8) is 0 Å². The topological polar surface area (TPSA) is 73.9 Å². The molecule has 0 spiro atoms. The average Bonchev–Trinajstić information content (AvgIpc) is 2.77. The Hall–Kier alpha value is -3.26. The summed E-state index contributed by atoms with van der Waals surface area (Å²) < 4.78 is 21.6. The summed E-state index contributed by atoms with van der Waals surface area (Å²) in [6.07, 6.45) is 1.73. The minimum absolute atomic E-state index is 0.446. The van der Waals surface area contributed by atoms with Gasteiger partial charge in [0.1, 0.15) is 11.3 Å². The van der Waals surface area contributed by atoms with Gasteiger partial charge in [-0.15, -0.1) is 0 Å². The zero-order valence-corrected chi connectivity index (χ0v) is 17.6. The number of rotatable bonds is 7. The maximum atomic E-state index is 5.51. The number of hydrogen-bond donors (Lipinski definition) is 2. The Kier molecular flexibility index (Phi) is 6.56. The number of anilines is 1. The second-order valence-electron chi connectivity index (χ2n) is 6.02. The summed E-state index contributed by atoms with van der Waals surface area (Å²) in [5.41, 5.74) is 2.49. The predicted molar refractivity (Wildman–Crippen MR) is 117 cm³/mol. The van der Waals surface area contributed by atoms with Gasteiger partial charge in [0.15, 0.2) is 16.6 Å². The monoisotopic (exact) mass is 413 g/mol. The van der Waals surface area contributed by atoms with Crippen LogP contribution in [0.25, 0.3) is 10.9 Å². The fraction of sp³-hybridized carbons (Fsp3) is 0.238. The molecular weight excluding hydrogens is 390 g/mol. The first kappa shape index (κ1) is 20.5. The van der Waals surface area contributed by atoms with Crippen molar-refractivity contribution in [2.45, 2.75) is 6.54 Å². The van der Waals surface area contributed by atoms with E-state index < -0.39 is 0 Å². The SMILES string of the molecule is COc1ccc(CNC(=S)Nc2ccc(OC)c3ncccc23)c(OC)c1OC. The van der Waals surface area contributed by atoms with Gasteiger partial charge in [0, 0.05) is 29.4 Å². The number of methoxy groups -OCH3 is 4. The van der Waals surface area contributed by atoms with Gasteiger partial charge in [-0.3, -0.25) is 4.98 Å². The summed E-state index contributed by atoms with van der Waals surface area (Å²) in [6.45, 7) is 0.446.